The van der Waals surface area contributed by atoms with E-state index in [1.54, 1.807) is 4.90 Å². The van der Waals surface area contributed by atoms with Gasteiger partial charge >= 0.3 is 5.97 Å². The number of piperidine rings is 1. The van der Waals surface area contributed by atoms with Gasteiger partial charge in [-0.3, -0.25) is 4.79 Å². The van der Waals surface area contributed by atoms with E-state index in [-0.39, 0.29) is 11.3 Å². The van der Waals surface area contributed by atoms with Crippen LogP contribution in [0.2, 0.25) is 0 Å². The van der Waals surface area contributed by atoms with Crippen molar-refractivity contribution in [2.45, 2.75) is 70.3 Å². The first-order valence-electron chi connectivity index (χ1n) is 9.07. The molecule has 4 saturated carbocycles. The van der Waals surface area contributed by atoms with Crippen LogP contribution in [0.4, 0.5) is 0 Å². The maximum atomic E-state index is 12.9. The highest BCUT2D eigenvalue weighted by Crippen LogP contribution is 2.61. The third kappa shape index (κ3) is 2.44. The zero-order chi connectivity index (χ0) is 15.3. The molecule has 4 heteroatoms. The van der Waals surface area contributed by atoms with Crippen LogP contribution >= 0.6 is 0 Å². The predicted octanol–water partition coefficient (Wildman–Crippen LogP) is 3.06. The summed E-state index contributed by atoms with van der Waals surface area (Å²) in [7, 11) is 0. The molecule has 0 aromatic carbocycles. The summed E-state index contributed by atoms with van der Waals surface area (Å²) < 4.78 is 0. The molecule has 0 aromatic heterocycles. The molecule has 5 rings (SSSR count). The average Bonchev–Trinajstić information content (AvgIpc) is 2.45. The number of carbonyl (C=O) groups excluding carboxylic acids is 1. The first kappa shape index (κ1) is 14.5. The van der Waals surface area contributed by atoms with Crippen molar-refractivity contribution >= 4 is 11.9 Å². The molecule has 5 fully saturated rings. The van der Waals surface area contributed by atoms with E-state index in [9.17, 15) is 14.7 Å². The number of hydrogen-bond acceptors (Lipinski definition) is 2. The minimum Gasteiger partial charge on any atom is -0.480 e. The number of amides is 1. The predicted molar refractivity (Wildman–Crippen MR) is 82.2 cm³/mol. The molecule has 0 unspecified atom stereocenters. The van der Waals surface area contributed by atoms with E-state index in [4.69, 9.17) is 0 Å². The molecule has 1 N–H and O–H groups in total. The second kappa shape index (κ2) is 5.24. The Labute approximate surface area is 132 Å². The largest absolute Gasteiger partial charge is 0.480 e. The lowest BCUT2D eigenvalue weighted by Gasteiger charge is -2.57. The lowest BCUT2D eigenvalue weighted by Crippen LogP contribution is -2.52. The van der Waals surface area contributed by atoms with Crippen LogP contribution in [0, 0.1) is 23.2 Å². The molecule has 4 aliphatic carbocycles. The monoisotopic (exact) mass is 305 g/mol. The Morgan fingerprint density at radius 3 is 2.14 bits per heavy atom. The number of hydrogen-bond donors (Lipinski definition) is 1. The van der Waals surface area contributed by atoms with Gasteiger partial charge in [-0.2, -0.15) is 0 Å². The molecule has 22 heavy (non-hydrogen) atoms. The highest BCUT2D eigenvalue weighted by atomic mass is 16.4. The standard InChI is InChI=1S/C18H27NO3/c20-16(19-4-2-1-3-15(19)17(21)22)11-18-8-12-5-13(9-18)7-14(6-12)10-18/h12-15H,1-11H2,(H,21,22)/t12?,13?,14?,15-,18?/m0/s1. The second-order valence-corrected chi connectivity index (χ2v) is 8.53. The molecule has 0 radical (unpaired) electrons. The first-order valence-corrected chi connectivity index (χ1v) is 9.07. The number of nitrogens with zero attached hydrogens (tertiary/aromatic N) is 1. The Hall–Kier alpha value is -1.06. The van der Waals surface area contributed by atoms with E-state index in [1.807, 2.05) is 0 Å². The molecule has 4 bridgehead atoms. The summed E-state index contributed by atoms with van der Waals surface area (Å²) >= 11 is 0. The molecule has 4 nitrogen and oxygen atoms in total. The Bertz CT molecular complexity index is 451. The minimum atomic E-state index is -0.821. The summed E-state index contributed by atoms with van der Waals surface area (Å²) in [6.45, 7) is 0.641. The van der Waals surface area contributed by atoms with Crippen LogP contribution in [0.5, 0.6) is 0 Å². The van der Waals surface area contributed by atoms with Gasteiger partial charge in [0, 0.05) is 13.0 Å². The van der Waals surface area contributed by atoms with Crippen molar-refractivity contribution < 1.29 is 14.7 Å². The zero-order valence-electron chi connectivity index (χ0n) is 13.3. The van der Waals surface area contributed by atoms with E-state index < -0.39 is 12.0 Å². The number of rotatable bonds is 3. The first-order chi connectivity index (χ1) is 10.5. The molecule has 1 amide bonds. The van der Waals surface area contributed by atoms with Gasteiger partial charge in [-0.15, -0.1) is 0 Å². The molecular weight excluding hydrogens is 278 g/mol. The van der Waals surface area contributed by atoms with Crippen molar-refractivity contribution in [2.75, 3.05) is 6.54 Å². The van der Waals surface area contributed by atoms with Gasteiger partial charge in [-0.1, -0.05) is 0 Å². The Morgan fingerprint density at radius 1 is 1.00 bits per heavy atom. The van der Waals surface area contributed by atoms with E-state index >= 15 is 0 Å². The van der Waals surface area contributed by atoms with Gasteiger partial charge in [0.1, 0.15) is 6.04 Å². The fourth-order valence-electron chi connectivity index (χ4n) is 6.42. The molecular formula is C18H27NO3. The van der Waals surface area contributed by atoms with Crippen LogP contribution in [0.25, 0.3) is 0 Å². The van der Waals surface area contributed by atoms with Crippen LogP contribution in [0.1, 0.15) is 64.2 Å². The molecule has 1 aliphatic heterocycles. The summed E-state index contributed by atoms with van der Waals surface area (Å²) in [5.74, 6) is 1.83. The second-order valence-electron chi connectivity index (χ2n) is 8.53. The van der Waals surface area contributed by atoms with Gasteiger partial charge in [0.25, 0.3) is 0 Å². The molecule has 5 aliphatic rings. The van der Waals surface area contributed by atoms with Gasteiger partial charge in [0.15, 0.2) is 0 Å². The van der Waals surface area contributed by atoms with Crippen LogP contribution in [0.3, 0.4) is 0 Å². The van der Waals surface area contributed by atoms with Crippen LogP contribution < -0.4 is 0 Å². The fourth-order valence-corrected chi connectivity index (χ4v) is 6.42. The highest BCUT2D eigenvalue weighted by Gasteiger charge is 2.52. The van der Waals surface area contributed by atoms with Gasteiger partial charge in [-0.05, 0) is 81.0 Å². The zero-order valence-corrected chi connectivity index (χ0v) is 13.3. The summed E-state index contributed by atoms with van der Waals surface area (Å²) in [5, 5.41) is 9.39. The molecule has 1 heterocycles. The number of carbonyl (C=O) groups is 2. The normalized spacial score (nSPS) is 43.4. The van der Waals surface area contributed by atoms with Gasteiger partial charge in [0.2, 0.25) is 5.91 Å². The molecule has 0 aromatic rings. The van der Waals surface area contributed by atoms with E-state index in [0.29, 0.717) is 19.4 Å². The summed E-state index contributed by atoms with van der Waals surface area (Å²) in [5.41, 5.74) is 0.215. The maximum absolute atomic E-state index is 12.9. The van der Waals surface area contributed by atoms with E-state index in [0.717, 1.165) is 30.6 Å². The SMILES string of the molecule is O=C(O)[C@@H]1CCCCN1C(=O)CC12CC3CC(CC(C3)C1)C2. The fraction of sp³-hybridized carbons (Fsp3) is 0.889. The topological polar surface area (TPSA) is 57.6 Å². The average molecular weight is 305 g/mol. The van der Waals surface area contributed by atoms with Gasteiger partial charge in [0.05, 0.1) is 0 Å². The van der Waals surface area contributed by atoms with E-state index in [2.05, 4.69) is 0 Å². The summed E-state index contributed by atoms with van der Waals surface area (Å²) in [6.07, 6.45) is 10.9. The lowest BCUT2D eigenvalue weighted by atomic mass is 9.49. The lowest BCUT2D eigenvalue weighted by molar-refractivity contribution is -0.155. The van der Waals surface area contributed by atoms with Crippen molar-refractivity contribution in [1.29, 1.82) is 0 Å². The minimum absolute atomic E-state index is 0.119. The molecule has 1 atom stereocenters. The summed E-state index contributed by atoms with van der Waals surface area (Å²) in [6, 6.07) is -0.574. The van der Waals surface area contributed by atoms with Crippen molar-refractivity contribution in [1.82, 2.24) is 4.90 Å². The number of likely N-dealkylation sites (tertiary alicyclic amines) is 1. The highest BCUT2D eigenvalue weighted by molar-refractivity contribution is 5.84. The Balaban J connectivity index is 1.48. The summed E-state index contributed by atoms with van der Waals surface area (Å²) in [4.78, 5) is 26.0. The number of aliphatic carboxylic acids is 1. The molecule has 0 spiro atoms. The van der Waals surface area contributed by atoms with Crippen molar-refractivity contribution in [2.24, 2.45) is 23.2 Å². The van der Waals surface area contributed by atoms with Gasteiger partial charge < -0.3 is 10.0 Å². The van der Waals surface area contributed by atoms with Crippen molar-refractivity contribution in [3.63, 3.8) is 0 Å². The van der Waals surface area contributed by atoms with Crippen LogP contribution in [0.15, 0.2) is 0 Å². The Kier molecular flexibility index (Phi) is 3.46. The quantitative estimate of drug-likeness (QED) is 0.872. The third-order valence-electron chi connectivity index (χ3n) is 6.80. The van der Waals surface area contributed by atoms with Crippen LogP contribution in [-0.2, 0) is 9.59 Å². The van der Waals surface area contributed by atoms with Crippen molar-refractivity contribution in [3.8, 4) is 0 Å². The van der Waals surface area contributed by atoms with Gasteiger partial charge in [-0.25, -0.2) is 4.79 Å². The van der Waals surface area contributed by atoms with E-state index in [1.165, 1.54) is 38.5 Å². The number of carboxylic acids is 1. The number of carboxylic acid groups (broad SMARTS) is 1. The van der Waals surface area contributed by atoms with Crippen LogP contribution in [-0.4, -0.2) is 34.5 Å². The maximum Gasteiger partial charge on any atom is 0.326 e. The third-order valence-corrected chi connectivity index (χ3v) is 6.80. The Morgan fingerprint density at radius 2 is 1.59 bits per heavy atom. The molecule has 122 valence electrons. The molecule has 1 saturated heterocycles. The smallest absolute Gasteiger partial charge is 0.326 e. The van der Waals surface area contributed by atoms with Crippen molar-refractivity contribution in [3.05, 3.63) is 0 Å².